The van der Waals surface area contributed by atoms with Crippen molar-refractivity contribution in [3.05, 3.63) is 42.9 Å². The van der Waals surface area contributed by atoms with E-state index in [9.17, 15) is 0 Å². The number of fused-ring (bicyclic) bond motifs is 2. The Morgan fingerprint density at radius 1 is 1.03 bits per heavy atom. The zero-order chi connectivity index (χ0) is 21.9. The highest BCUT2D eigenvalue weighted by Crippen LogP contribution is 2.32. The van der Waals surface area contributed by atoms with Crippen molar-refractivity contribution in [1.82, 2.24) is 24.2 Å². The van der Waals surface area contributed by atoms with E-state index in [0.29, 0.717) is 37.2 Å². The lowest BCUT2D eigenvalue weighted by Crippen LogP contribution is -2.31. The Balaban J connectivity index is 1.34. The number of rotatable bonds is 8. The fraction of sp³-hybridized carbons (Fsp3) is 0.435. The predicted molar refractivity (Wildman–Crippen MR) is 121 cm³/mol. The van der Waals surface area contributed by atoms with E-state index in [4.69, 9.17) is 19.3 Å². The van der Waals surface area contributed by atoms with Crippen LogP contribution in [0.25, 0.3) is 22.2 Å². The summed E-state index contributed by atoms with van der Waals surface area (Å²) in [4.78, 5) is 4.67. The maximum Gasteiger partial charge on any atom is 0.244 e. The maximum absolute atomic E-state index is 5.87. The summed E-state index contributed by atoms with van der Waals surface area (Å²) >= 11 is 0. The Morgan fingerprint density at radius 3 is 2.69 bits per heavy atom. The molecule has 0 amide bonds. The van der Waals surface area contributed by atoms with Crippen molar-refractivity contribution in [1.29, 1.82) is 0 Å². The van der Waals surface area contributed by atoms with Gasteiger partial charge in [0.15, 0.2) is 0 Å². The van der Waals surface area contributed by atoms with Gasteiger partial charge in [-0.1, -0.05) is 0 Å². The first-order valence-electron chi connectivity index (χ1n) is 11.0. The van der Waals surface area contributed by atoms with Gasteiger partial charge in [-0.05, 0) is 55.5 Å². The second-order valence-corrected chi connectivity index (χ2v) is 8.06. The number of ether oxygens (including phenoxy) is 3. The van der Waals surface area contributed by atoms with Crippen LogP contribution < -0.4 is 10.1 Å². The van der Waals surface area contributed by atoms with Crippen molar-refractivity contribution in [2.45, 2.75) is 37.8 Å². The van der Waals surface area contributed by atoms with Gasteiger partial charge in [0.2, 0.25) is 11.8 Å². The summed E-state index contributed by atoms with van der Waals surface area (Å²) in [5.41, 5.74) is 3.96. The first kappa shape index (κ1) is 20.7. The first-order chi connectivity index (χ1) is 15.7. The molecule has 9 nitrogen and oxygen atoms in total. The van der Waals surface area contributed by atoms with E-state index in [0.717, 1.165) is 47.8 Å². The van der Waals surface area contributed by atoms with Gasteiger partial charge in [0, 0.05) is 37.3 Å². The van der Waals surface area contributed by atoms with Crippen molar-refractivity contribution in [2.24, 2.45) is 0 Å². The Kier molecular flexibility index (Phi) is 5.91. The minimum Gasteiger partial charge on any atom is -0.479 e. The van der Waals surface area contributed by atoms with Crippen LogP contribution in [-0.4, -0.2) is 63.8 Å². The lowest BCUT2D eigenvalue weighted by molar-refractivity contribution is -0.00158. The van der Waals surface area contributed by atoms with Crippen LogP contribution in [0.5, 0.6) is 5.88 Å². The highest BCUT2D eigenvalue weighted by atomic mass is 16.5. The lowest BCUT2D eigenvalue weighted by atomic mass is 9.93. The molecule has 0 aromatic carbocycles. The van der Waals surface area contributed by atoms with Crippen molar-refractivity contribution in [3.63, 3.8) is 0 Å². The van der Waals surface area contributed by atoms with Crippen LogP contribution in [0.1, 0.15) is 25.7 Å². The number of hydrogen-bond acceptors (Lipinski definition) is 7. The Morgan fingerprint density at radius 2 is 1.88 bits per heavy atom. The third kappa shape index (κ3) is 4.13. The molecule has 0 unspecified atom stereocenters. The van der Waals surface area contributed by atoms with E-state index in [2.05, 4.69) is 21.5 Å². The topological polar surface area (TPSA) is 87.2 Å². The minimum atomic E-state index is 0.307. The molecule has 0 saturated heterocycles. The molecule has 0 aliphatic heterocycles. The van der Waals surface area contributed by atoms with Gasteiger partial charge in [-0.15, -0.1) is 5.10 Å². The van der Waals surface area contributed by atoms with Gasteiger partial charge < -0.3 is 19.5 Å². The van der Waals surface area contributed by atoms with Gasteiger partial charge in [-0.3, -0.25) is 0 Å². The summed E-state index contributed by atoms with van der Waals surface area (Å²) < 4.78 is 20.3. The second-order valence-electron chi connectivity index (χ2n) is 8.06. The number of hydrogen-bond donors (Lipinski definition) is 1. The molecule has 1 aliphatic carbocycles. The van der Waals surface area contributed by atoms with Gasteiger partial charge in [0.25, 0.3) is 0 Å². The van der Waals surface area contributed by atoms with Crippen molar-refractivity contribution in [2.75, 3.05) is 32.8 Å². The normalized spacial score (nSPS) is 18.9. The molecular formula is C23H28N6O3. The number of anilines is 1. The Labute approximate surface area is 186 Å². The van der Waals surface area contributed by atoms with Crippen LogP contribution in [0.15, 0.2) is 42.9 Å². The molecule has 0 spiro atoms. The van der Waals surface area contributed by atoms with E-state index in [1.165, 1.54) is 0 Å². The molecule has 5 rings (SSSR count). The molecule has 4 heterocycles. The molecule has 0 bridgehead atoms. The summed E-state index contributed by atoms with van der Waals surface area (Å²) in [6.45, 7) is 1.29. The maximum atomic E-state index is 5.87. The monoisotopic (exact) mass is 436 g/mol. The highest BCUT2D eigenvalue weighted by Gasteiger charge is 2.23. The summed E-state index contributed by atoms with van der Waals surface area (Å²) in [7, 11) is 3.34. The van der Waals surface area contributed by atoms with Crippen LogP contribution in [0.2, 0.25) is 0 Å². The molecule has 4 aromatic heterocycles. The lowest BCUT2D eigenvalue weighted by Gasteiger charge is -2.29. The molecule has 1 saturated carbocycles. The fourth-order valence-corrected chi connectivity index (χ4v) is 4.37. The average molecular weight is 437 g/mol. The van der Waals surface area contributed by atoms with Crippen molar-refractivity contribution < 1.29 is 14.2 Å². The van der Waals surface area contributed by atoms with E-state index < -0.39 is 0 Å². The zero-order valence-corrected chi connectivity index (χ0v) is 18.4. The number of nitrogens with zero attached hydrogens (tertiary/aromatic N) is 5. The van der Waals surface area contributed by atoms with E-state index in [1.54, 1.807) is 20.4 Å². The average Bonchev–Trinajstić information content (AvgIpc) is 3.46. The molecule has 32 heavy (non-hydrogen) atoms. The van der Waals surface area contributed by atoms with E-state index in [-0.39, 0.29) is 0 Å². The Hall–Kier alpha value is -3.17. The number of pyridine rings is 1. The van der Waals surface area contributed by atoms with E-state index in [1.807, 2.05) is 39.6 Å². The van der Waals surface area contributed by atoms with Crippen LogP contribution in [0, 0.1) is 0 Å². The molecule has 1 fully saturated rings. The summed E-state index contributed by atoms with van der Waals surface area (Å²) in [6, 6.07) is 8.48. The van der Waals surface area contributed by atoms with Gasteiger partial charge in [0.05, 0.1) is 31.9 Å². The Bertz CT molecular complexity index is 1200. The van der Waals surface area contributed by atoms with Crippen LogP contribution in [0.4, 0.5) is 5.95 Å². The van der Waals surface area contributed by atoms with E-state index >= 15 is 0 Å². The van der Waals surface area contributed by atoms with Crippen molar-refractivity contribution >= 4 is 17.0 Å². The third-order valence-corrected chi connectivity index (χ3v) is 6.03. The van der Waals surface area contributed by atoms with Crippen LogP contribution >= 0.6 is 0 Å². The largest absolute Gasteiger partial charge is 0.479 e. The molecular weight excluding hydrogens is 408 g/mol. The van der Waals surface area contributed by atoms with Crippen LogP contribution in [0.3, 0.4) is 0 Å². The number of nitrogens with one attached hydrogen (secondary N) is 1. The minimum absolute atomic E-state index is 0.307. The predicted octanol–water partition coefficient (Wildman–Crippen LogP) is 3.44. The highest BCUT2D eigenvalue weighted by molar-refractivity contribution is 5.85. The molecule has 0 atom stereocenters. The van der Waals surface area contributed by atoms with Gasteiger partial charge >= 0.3 is 0 Å². The summed E-state index contributed by atoms with van der Waals surface area (Å²) in [5.74, 6) is 1.12. The fourth-order valence-electron chi connectivity index (χ4n) is 4.37. The smallest absolute Gasteiger partial charge is 0.244 e. The molecule has 1 aliphatic rings. The molecule has 9 heteroatoms. The van der Waals surface area contributed by atoms with Crippen LogP contribution in [-0.2, 0) is 9.47 Å². The molecule has 0 radical (unpaired) electrons. The van der Waals surface area contributed by atoms with Gasteiger partial charge in [0.1, 0.15) is 5.52 Å². The summed E-state index contributed by atoms with van der Waals surface area (Å²) in [6.07, 6.45) is 10.1. The number of aromatic nitrogens is 5. The standard InChI is InChI=1S/C23H28N6O3/c1-30-13-14-32-19-5-3-17(4-6-19)25-23-26-22(31-2)21-20(9-12-29(21)27-23)16-8-11-28-18(15-16)7-10-24-28/h7-12,15,17,19H,3-6,13-14H2,1-2H3,(H,25,27)/t17-,19+. The van der Waals surface area contributed by atoms with Gasteiger partial charge in [-0.2, -0.15) is 10.1 Å². The SMILES string of the molecule is COCCO[C@H]1CC[C@@H](Nc2nc(OC)c3c(-c4ccn5nccc5c4)ccn3n2)CC1. The number of methoxy groups -OCH3 is 2. The first-order valence-corrected chi connectivity index (χ1v) is 11.0. The zero-order valence-electron chi connectivity index (χ0n) is 18.4. The van der Waals surface area contributed by atoms with Gasteiger partial charge in [-0.25, -0.2) is 9.03 Å². The van der Waals surface area contributed by atoms with Crippen molar-refractivity contribution in [3.8, 4) is 17.0 Å². The molecule has 1 N–H and O–H groups in total. The molecule has 168 valence electrons. The molecule has 4 aromatic rings. The second kappa shape index (κ2) is 9.13. The quantitative estimate of drug-likeness (QED) is 0.423. The summed E-state index contributed by atoms with van der Waals surface area (Å²) in [5, 5.41) is 12.5. The third-order valence-electron chi connectivity index (χ3n) is 6.03.